The predicted octanol–water partition coefficient (Wildman–Crippen LogP) is 2.28. The summed E-state index contributed by atoms with van der Waals surface area (Å²) in [4.78, 5) is 24.7. The molecule has 1 aromatic carbocycles. The summed E-state index contributed by atoms with van der Waals surface area (Å²) in [6.07, 6.45) is 1.37. The van der Waals surface area contributed by atoms with Crippen LogP contribution in [0.5, 0.6) is 0 Å². The molecule has 1 N–H and O–H groups in total. The zero-order valence-electron chi connectivity index (χ0n) is 9.80. The van der Waals surface area contributed by atoms with Crippen molar-refractivity contribution in [3.05, 3.63) is 34.9 Å². The molecule has 0 bridgehead atoms. The van der Waals surface area contributed by atoms with Gasteiger partial charge in [0, 0.05) is 23.7 Å². The fourth-order valence-corrected chi connectivity index (χ4v) is 2.26. The molecule has 0 aromatic heterocycles. The first-order valence-corrected chi connectivity index (χ1v) is 6.23. The molecule has 1 aliphatic rings. The van der Waals surface area contributed by atoms with Crippen molar-refractivity contribution in [2.75, 3.05) is 13.1 Å². The lowest BCUT2D eigenvalue weighted by atomic mass is 9.97. The second-order valence-corrected chi connectivity index (χ2v) is 4.87. The van der Waals surface area contributed by atoms with Crippen LogP contribution in [0.1, 0.15) is 23.2 Å². The topological polar surface area (TPSA) is 57.6 Å². The summed E-state index contributed by atoms with van der Waals surface area (Å²) in [6.45, 7) is 0.905. The van der Waals surface area contributed by atoms with Crippen LogP contribution < -0.4 is 0 Å². The molecule has 1 saturated heterocycles. The number of carboxylic acids is 1. The number of nitrogens with zero attached hydrogens (tertiary/aromatic N) is 1. The van der Waals surface area contributed by atoms with E-state index < -0.39 is 11.9 Å². The van der Waals surface area contributed by atoms with Crippen LogP contribution in [0.4, 0.5) is 0 Å². The average Bonchev–Trinajstić information content (AvgIpc) is 2.39. The van der Waals surface area contributed by atoms with Crippen molar-refractivity contribution in [2.45, 2.75) is 12.8 Å². The molecule has 1 aromatic rings. The first kappa shape index (κ1) is 12.9. The maximum atomic E-state index is 12.2. The molecule has 1 aliphatic heterocycles. The van der Waals surface area contributed by atoms with E-state index in [-0.39, 0.29) is 12.5 Å². The summed E-state index contributed by atoms with van der Waals surface area (Å²) >= 11 is 5.76. The molecule has 2 rings (SSSR count). The molecule has 18 heavy (non-hydrogen) atoms. The molecule has 96 valence electrons. The number of carboxylic acid groups (broad SMARTS) is 1. The zero-order valence-corrected chi connectivity index (χ0v) is 10.6. The second-order valence-electron chi connectivity index (χ2n) is 4.44. The number of amides is 1. The van der Waals surface area contributed by atoms with Crippen LogP contribution in [0, 0.1) is 5.92 Å². The molecule has 5 heteroatoms. The third-order valence-electron chi connectivity index (χ3n) is 3.15. The summed E-state index contributed by atoms with van der Waals surface area (Å²) in [7, 11) is 0. The Morgan fingerprint density at radius 1 is 1.28 bits per heavy atom. The number of aliphatic carboxylic acids is 1. The molecule has 0 spiro atoms. The number of benzene rings is 1. The Bertz CT molecular complexity index is 458. The highest BCUT2D eigenvalue weighted by molar-refractivity contribution is 6.30. The molecule has 0 aliphatic carbocycles. The quantitative estimate of drug-likeness (QED) is 0.894. The van der Waals surface area contributed by atoms with Gasteiger partial charge in [-0.15, -0.1) is 0 Å². The van der Waals surface area contributed by atoms with Gasteiger partial charge in [0.2, 0.25) is 0 Å². The van der Waals surface area contributed by atoms with Gasteiger partial charge in [-0.25, -0.2) is 0 Å². The average molecular weight is 268 g/mol. The molecule has 1 fully saturated rings. The van der Waals surface area contributed by atoms with Crippen LogP contribution in [0.25, 0.3) is 0 Å². The van der Waals surface area contributed by atoms with E-state index in [1.807, 2.05) is 0 Å². The highest BCUT2D eigenvalue weighted by Gasteiger charge is 2.28. The summed E-state index contributed by atoms with van der Waals surface area (Å²) in [5, 5.41) is 9.57. The molecule has 1 unspecified atom stereocenters. The highest BCUT2D eigenvalue weighted by Crippen LogP contribution is 2.19. The van der Waals surface area contributed by atoms with Gasteiger partial charge in [0.15, 0.2) is 0 Å². The van der Waals surface area contributed by atoms with E-state index in [1.54, 1.807) is 29.2 Å². The fourth-order valence-electron chi connectivity index (χ4n) is 2.14. The van der Waals surface area contributed by atoms with Gasteiger partial charge in [0.1, 0.15) is 0 Å². The van der Waals surface area contributed by atoms with E-state index in [1.165, 1.54) is 0 Å². The van der Waals surface area contributed by atoms with Crippen molar-refractivity contribution in [3.8, 4) is 0 Å². The summed E-state index contributed by atoms with van der Waals surface area (Å²) in [6, 6.07) is 6.64. The van der Waals surface area contributed by atoms with Crippen LogP contribution in [-0.4, -0.2) is 35.0 Å². The number of rotatable bonds is 2. The van der Waals surface area contributed by atoms with Crippen LogP contribution in [-0.2, 0) is 4.79 Å². The maximum absolute atomic E-state index is 12.2. The predicted molar refractivity (Wildman–Crippen MR) is 67.7 cm³/mol. The molecular weight excluding hydrogens is 254 g/mol. The number of carbonyl (C=O) groups is 2. The Morgan fingerprint density at radius 3 is 2.56 bits per heavy atom. The Hall–Kier alpha value is -1.55. The Balaban J connectivity index is 2.09. The number of halogens is 1. The zero-order chi connectivity index (χ0) is 13.1. The minimum atomic E-state index is -0.830. The van der Waals surface area contributed by atoms with E-state index in [2.05, 4.69) is 0 Å². The Labute approximate surface area is 110 Å². The first-order valence-electron chi connectivity index (χ1n) is 5.85. The van der Waals surface area contributed by atoms with Crippen LogP contribution in [0.2, 0.25) is 5.02 Å². The Kier molecular flexibility index (Phi) is 3.87. The van der Waals surface area contributed by atoms with Crippen molar-refractivity contribution in [3.63, 3.8) is 0 Å². The van der Waals surface area contributed by atoms with Gasteiger partial charge in [0.05, 0.1) is 5.92 Å². The van der Waals surface area contributed by atoms with E-state index in [9.17, 15) is 9.59 Å². The summed E-state index contributed by atoms with van der Waals surface area (Å²) < 4.78 is 0. The normalized spacial score (nSPS) is 19.6. The second kappa shape index (κ2) is 5.40. The van der Waals surface area contributed by atoms with Gasteiger partial charge in [-0.3, -0.25) is 9.59 Å². The third-order valence-corrected chi connectivity index (χ3v) is 3.40. The van der Waals surface area contributed by atoms with E-state index >= 15 is 0 Å². The molecule has 0 saturated carbocycles. The largest absolute Gasteiger partial charge is 0.481 e. The number of likely N-dealkylation sites (tertiary alicyclic amines) is 1. The number of hydrogen-bond acceptors (Lipinski definition) is 2. The van der Waals surface area contributed by atoms with E-state index in [0.29, 0.717) is 23.6 Å². The van der Waals surface area contributed by atoms with E-state index in [4.69, 9.17) is 16.7 Å². The molecular formula is C13H14ClNO3. The maximum Gasteiger partial charge on any atom is 0.308 e. The highest BCUT2D eigenvalue weighted by atomic mass is 35.5. The van der Waals surface area contributed by atoms with Crippen molar-refractivity contribution in [1.82, 2.24) is 4.90 Å². The van der Waals surface area contributed by atoms with Crippen LogP contribution in [0.3, 0.4) is 0 Å². The summed E-state index contributed by atoms with van der Waals surface area (Å²) in [5.74, 6) is -1.41. The molecule has 1 atom stereocenters. The Morgan fingerprint density at radius 2 is 1.94 bits per heavy atom. The minimum Gasteiger partial charge on any atom is -0.481 e. The molecule has 1 heterocycles. The number of hydrogen-bond donors (Lipinski definition) is 1. The smallest absolute Gasteiger partial charge is 0.308 e. The van der Waals surface area contributed by atoms with Crippen molar-refractivity contribution in [1.29, 1.82) is 0 Å². The third kappa shape index (κ3) is 2.82. The molecule has 4 nitrogen and oxygen atoms in total. The van der Waals surface area contributed by atoms with Crippen molar-refractivity contribution >= 4 is 23.5 Å². The first-order chi connectivity index (χ1) is 8.58. The lowest BCUT2D eigenvalue weighted by Crippen LogP contribution is -2.42. The van der Waals surface area contributed by atoms with Crippen LogP contribution >= 0.6 is 11.6 Å². The fraction of sp³-hybridized carbons (Fsp3) is 0.385. The van der Waals surface area contributed by atoms with Gasteiger partial charge in [-0.1, -0.05) is 11.6 Å². The van der Waals surface area contributed by atoms with Crippen molar-refractivity contribution in [2.24, 2.45) is 5.92 Å². The van der Waals surface area contributed by atoms with E-state index in [0.717, 1.165) is 6.42 Å². The summed E-state index contributed by atoms with van der Waals surface area (Å²) in [5.41, 5.74) is 0.547. The van der Waals surface area contributed by atoms with Gasteiger partial charge in [-0.2, -0.15) is 0 Å². The molecule has 0 radical (unpaired) electrons. The monoisotopic (exact) mass is 267 g/mol. The number of carbonyl (C=O) groups excluding carboxylic acids is 1. The van der Waals surface area contributed by atoms with Gasteiger partial charge in [0.25, 0.3) is 5.91 Å². The lowest BCUT2D eigenvalue weighted by Gasteiger charge is -2.30. The van der Waals surface area contributed by atoms with Gasteiger partial charge in [-0.05, 0) is 37.1 Å². The van der Waals surface area contributed by atoms with Crippen molar-refractivity contribution < 1.29 is 14.7 Å². The standard InChI is InChI=1S/C13H14ClNO3/c14-11-5-3-9(4-6-11)12(16)15-7-1-2-10(8-15)13(17)18/h3-6,10H,1-2,7-8H2,(H,17,18). The van der Waals surface area contributed by atoms with Gasteiger partial charge < -0.3 is 10.0 Å². The van der Waals surface area contributed by atoms with Crippen LogP contribution in [0.15, 0.2) is 24.3 Å². The van der Waals surface area contributed by atoms with Gasteiger partial charge >= 0.3 is 5.97 Å². The minimum absolute atomic E-state index is 0.127. The number of piperidine rings is 1. The lowest BCUT2D eigenvalue weighted by molar-refractivity contribution is -0.143. The SMILES string of the molecule is O=C(O)C1CCCN(C(=O)c2ccc(Cl)cc2)C1. The molecule has 1 amide bonds.